The Morgan fingerprint density at radius 2 is 1.96 bits per heavy atom. The summed E-state index contributed by atoms with van der Waals surface area (Å²) in [4.78, 5) is 8.36. The largest absolute Gasteiger partial charge is 0.391 e. The Morgan fingerprint density at radius 1 is 1.35 bits per heavy atom. The summed E-state index contributed by atoms with van der Waals surface area (Å²) in [7, 11) is 0. The first-order valence-electron chi connectivity index (χ1n) is 8.10. The quantitative estimate of drug-likeness (QED) is 0.640. The number of ether oxygens (including phenoxy) is 1. The van der Waals surface area contributed by atoms with E-state index >= 15 is 0 Å². The first-order valence-corrected chi connectivity index (χ1v) is 8.10. The van der Waals surface area contributed by atoms with E-state index in [0.29, 0.717) is 18.4 Å². The van der Waals surface area contributed by atoms with E-state index < -0.39 is 5.09 Å². The van der Waals surface area contributed by atoms with Crippen LogP contribution in [0.2, 0.25) is 0 Å². The van der Waals surface area contributed by atoms with Crippen molar-refractivity contribution in [2.24, 2.45) is 5.92 Å². The fraction of sp³-hybridized carbons (Fsp3) is 0.647. The van der Waals surface area contributed by atoms with Crippen molar-refractivity contribution in [3.63, 3.8) is 0 Å². The van der Waals surface area contributed by atoms with Crippen LogP contribution in [0.15, 0.2) is 24.3 Å². The van der Waals surface area contributed by atoms with Gasteiger partial charge in [-0.05, 0) is 42.2 Å². The van der Waals surface area contributed by atoms with E-state index in [-0.39, 0.29) is 6.10 Å². The van der Waals surface area contributed by atoms with Crippen LogP contribution < -0.4 is 0 Å². The molecule has 3 atom stereocenters. The third-order valence-corrected chi connectivity index (χ3v) is 4.06. The molecule has 6 nitrogen and oxygen atoms in total. The second-order valence-corrected chi connectivity index (χ2v) is 6.17. The fourth-order valence-electron chi connectivity index (χ4n) is 2.95. The molecular weight excluding hydrogens is 298 g/mol. The van der Waals surface area contributed by atoms with Gasteiger partial charge in [0.05, 0.1) is 12.7 Å². The summed E-state index contributed by atoms with van der Waals surface area (Å²) in [5, 5.41) is 23.2. The van der Waals surface area contributed by atoms with Crippen LogP contribution in [0.5, 0.6) is 0 Å². The molecule has 0 amide bonds. The van der Waals surface area contributed by atoms with Gasteiger partial charge < -0.3 is 15.1 Å². The molecule has 1 aliphatic heterocycles. The first-order chi connectivity index (χ1) is 10.9. The highest BCUT2D eigenvalue weighted by Crippen LogP contribution is 2.23. The average molecular weight is 325 g/mol. The molecular formula is C17H27NO5. The van der Waals surface area contributed by atoms with Gasteiger partial charge in [0, 0.05) is 6.61 Å². The van der Waals surface area contributed by atoms with Gasteiger partial charge in [-0.25, -0.2) is 0 Å². The highest BCUT2D eigenvalue weighted by atomic mass is 16.9. The molecule has 0 aromatic heterocycles. The molecule has 2 N–H and O–H groups in total. The van der Waals surface area contributed by atoms with E-state index in [1.54, 1.807) is 0 Å². The Labute approximate surface area is 137 Å². The second-order valence-electron chi connectivity index (χ2n) is 6.17. The number of hydrogen-bond acceptors (Lipinski definition) is 4. The zero-order chi connectivity index (χ0) is 17.2. The topological polar surface area (TPSA) is 92.8 Å². The summed E-state index contributed by atoms with van der Waals surface area (Å²) in [6, 6.07) is 9.00. The molecule has 1 saturated heterocycles. The Morgan fingerprint density at radius 3 is 2.48 bits per heavy atom. The Hall–Kier alpha value is -1.66. The van der Waals surface area contributed by atoms with Crippen LogP contribution >= 0.6 is 0 Å². The molecule has 1 fully saturated rings. The predicted molar refractivity (Wildman–Crippen MR) is 87.2 cm³/mol. The normalized spacial score (nSPS) is 21.9. The monoisotopic (exact) mass is 325 g/mol. The molecule has 1 aromatic rings. The molecule has 1 aliphatic rings. The van der Waals surface area contributed by atoms with Gasteiger partial charge in [-0.3, -0.25) is 0 Å². The highest BCUT2D eigenvalue weighted by molar-refractivity contribution is 5.25. The van der Waals surface area contributed by atoms with E-state index in [2.05, 4.69) is 38.1 Å². The maximum Gasteiger partial charge on any atom is 0.291 e. The van der Waals surface area contributed by atoms with Crippen LogP contribution in [0.4, 0.5) is 0 Å². The number of hydrogen-bond donors (Lipinski definition) is 2. The van der Waals surface area contributed by atoms with Gasteiger partial charge in [0.15, 0.2) is 0 Å². The minimum absolute atomic E-state index is 0.275. The third-order valence-electron chi connectivity index (χ3n) is 4.06. The lowest BCUT2D eigenvalue weighted by atomic mass is 9.91. The molecule has 23 heavy (non-hydrogen) atoms. The van der Waals surface area contributed by atoms with Gasteiger partial charge in [0.1, 0.15) is 0 Å². The predicted octanol–water partition coefficient (Wildman–Crippen LogP) is 3.18. The van der Waals surface area contributed by atoms with Crippen molar-refractivity contribution in [3.05, 3.63) is 45.5 Å². The van der Waals surface area contributed by atoms with Gasteiger partial charge in [-0.2, -0.15) is 0 Å². The molecule has 2 rings (SSSR count). The number of benzene rings is 1. The van der Waals surface area contributed by atoms with Crippen molar-refractivity contribution in [3.8, 4) is 0 Å². The Bertz CT molecular complexity index is 459. The van der Waals surface area contributed by atoms with Crippen LogP contribution in [-0.4, -0.2) is 34.7 Å². The summed E-state index contributed by atoms with van der Waals surface area (Å²) in [5.74, 6) is 1.11. The van der Waals surface area contributed by atoms with Crippen LogP contribution in [-0.2, 0) is 11.2 Å². The zero-order valence-electron chi connectivity index (χ0n) is 13.9. The average Bonchev–Trinajstić information content (AvgIpc) is 2.47. The first kappa shape index (κ1) is 19.4. The number of nitrogens with zero attached hydrogens (tertiary/aromatic N) is 1. The summed E-state index contributed by atoms with van der Waals surface area (Å²) in [5.41, 5.74) is 2.79. The lowest BCUT2D eigenvalue weighted by Crippen LogP contribution is -2.30. The lowest BCUT2D eigenvalue weighted by Gasteiger charge is -2.26. The molecule has 1 heterocycles. The van der Waals surface area contributed by atoms with E-state index in [4.69, 9.17) is 20.1 Å². The van der Waals surface area contributed by atoms with Gasteiger partial charge in [-0.15, -0.1) is 10.1 Å². The third kappa shape index (κ3) is 7.95. The summed E-state index contributed by atoms with van der Waals surface area (Å²) < 4.78 is 5.41. The van der Waals surface area contributed by atoms with Crippen LogP contribution in [0.3, 0.4) is 0 Å². The van der Waals surface area contributed by atoms with Crippen LogP contribution in [0, 0.1) is 16.0 Å². The van der Waals surface area contributed by atoms with Gasteiger partial charge >= 0.3 is 0 Å². The maximum atomic E-state index is 9.61. The molecule has 3 unspecified atom stereocenters. The van der Waals surface area contributed by atoms with E-state index in [9.17, 15) is 5.11 Å². The molecule has 0 aliphatic carbocycles. The minimum atomic E-state index is -1.50. The van der Waals surface area contributed by atoms with Gasteiger partial charge in [-0.1, -0.05) is 44.5 Å². The van der Waals surface area contributed by atoms with Crippen molar-refractivity contribution in [2.75, 3.05) is 13.2 Å². The van der Waals surface area contributed by atoms with Gasteiger partial charge in [0.25, 0.3) is 5.09 Å². The standard InChI is InChI=1S/C17H26O2.HNO3/c1-3-4-13(2)16-7-5-14(6-8-16)9-15-10-17(18)12-19-11-15;2-1(3)4/h5-8,13,15,17-18H,3-4,9-12H2,1-2H3;(H,2,3,4). The molecule has 0 spiro atoms. The van der Waals surface area contributed by atoms with Crippen LogP contribution in [0.25, 0.3) is 0 Å². The molecule has 6 heteroatoms. The molecule has 130 valence electrons. The van der Waals surface area contributed by atoms with E-state index in [0.717, 1.165) is 19.4 Å². The summed E-state index contributed by atoms with van der Waals surface area (Å²) in [6.45, 7) is 5.82. The van der Waals surface area contributed by atoms with Crippen molar-refractivity contribution in [1.82, 2.24) is 0 Å². The Balaban J connectivity index is 0.000000593. The van der Waals surface area contributed by atoms with E-state index in [1.807, 2.05) is 0 Å². The number of rotatable bonds is 5. The Kier molecular flexibility index (Phi) is 8.58. The van der Waals surface area contributed by atoms with Crippen molar-refractivity contribution in [1.29, 1.82) is 0 Å². The maximum absolute atomic E-state index is 9.61. The molecule has 1 aromatic carbocycles. The molecule has 0 saturated carbocycles. The summed E-state index contributed by atoms with van der Waals surface area (Å²) >= 11 is 0. The van der Waals surface area contributed by atoms with Gasteiger partial charge in [0.2, 0.25) is 0 Å². The van der Waals surface area contributed by atoms with Crippen molar-refractivity contribution >= 4 is 0 Å². The fourth-order valence-corrected chi connectivity index (χ4v) is 2.95. The SMILES string of the molecule is CCCC(C)c1ccc(CC2COCC(O)C2)cc1.O=[N+]([O-])O. The minimum Gasteiger partial charge on any atom is -0.391 e. The molecule has 0 bridgehead atoms. The van der Waals surface area contributed by atoms with Crippen LogP contribution in [0.1, 0.15) is 50.2 Å². The van der Waals surface area contributed by atoms with E-state index in [1.165, 1.54) is 24.0 Å². The summed E-state index contributed by atoms with van der Waals surface area (Å²) in [6.07, 6.45) is 4.10. The van der Waals surface area contributed by atoms with Crippen molar-refractivity contribution in [2.45, 2.75) is 51.6 Å². The van der Waals surface area contributed by atoms with Crippen molar-refractivity contribution < 1.29 is 20.1 Å². The zero-order valence-corrected chi connectivity index (χ0v) is 13.9. The molecule has 0 radical (unpaired) electrons. The second kappa shape index (κ2) is 10.2. The lowest BCUT2D eigenvalue weighted by molar-refractivity contribution is -0.742. The highest BCUT2D eigenvalue weighted by Gasteiger charge is 2.20. The number of aliphatic hydroxyl groups excluding tert-OH is 1. The number of aliphatic hydroxyl groups is 1. The smallest absolute Gasteiger partial charge is 0.291 e.